The number of carbonyl (C=O) groups excluding carboxylic acids is 1. The van der Waals surface area contributed by atoms with Crippen LogP contribution in [0.2, 0.25) is 5.02 Å². The molecule has 1 heterocycles. The number of nitrogens with one attached hydrogen (secondary N) is 1. The Bertz CT molecular complexity index is 1550. The Kier molecular flexibility index (Phi) is 8.36. The summed E-state index contributed by atoms with van der Waals surface area (Å²) in [7, 11) is 0. The minimum atomic E-state index is -0.960. The summed E-state index contributed by atoms with van der Waals surface area (Å²) < 4.78 is 29.2. The Morgan fingerprint density at radius 3 is 2.50 bits per heavy atom. The van der Waals surface area contributed by atoms with Crippen molar-refractivity contribution in [2.45, 2.75) is 18.9 Å². The fraction of sp³-hybridized carbons (Fsp3) is 0.179. The van der Waals surface area contributed by atoms with Crippen LogP contribution in [0.1, 0.15) is 35.1 Å². The Morgan fingerprint density at radius 1 is 1.13 bits per heavy atom. The lowest BCUT2D eigenvalue weighted by Crippen LogP contribution is -2.41. The Morgan fingerprint density at radius 2 is 1.84 bits per heavy atom. The summed E-state index contributed by atoms with van der Waals surface area (Å²) >= 11 is 6.18. The molecule has 38 heavy (non-hydrogen) atoms. The van der Waals surface area contributed by atoms with Gasteiger partial charge in [0.15, 0.2) is 5.82 Å². The summed E-state index contributed by atoms with van der Waals surface area (Å²) in [5, 5.41) is 0.650. The van der Waals surface area contributed by atoms with Crippen LogP contribution in [0, 0.1) is 24.0 Å². The lowest BCUT2D eigenvalue weighted by atomic mass is 10.1. The SMILES string of the molecule is C#CCC(c1nc2cc(Cl)ccc2c(=O)n1Nc1ccccc1)N(CCCN)C(=O)c1cc(F)cc(F)c1. The molecule has 3 aromatic carbocycles. The van der Waals surface area contributed by atoms with Gasteiger partial charge in [0.05, 0.1) is 16.6 Å². The summed E-state index contributed by atoms with van der Waals surface area (Å²) in [4.78, 5) is 33.4. The molecule has 0 aliphatic rings. The highest BCUT2D eigenvalue weighted by Crippen LogP contribution is 2.27. The van der Waals surface area contributed by atoms with Crippen LogP contribution < -0.4 is 16.7 Å². The van der Waals surface area contributed by atoms with Gasteiger partial charge in [0.2, 0.25) is 0 Å². The highest BCUT2D eigenvalue weighted by atomic mass is 35.5. The maximum atomic E-state index is 14.0. The number of terminal acetylenes is 1. The van der Waals surface area contributed by atoms with E-state index < -0.39 is 29.1 Å². The van der Waals surface area contributed by atoms with Crippen LogP contribution in [0.4, 0.5) is 14.5 Å². The molecule has 0 spiro atoms. The number of nitrogens with zero attached hydrogens (tertiary/aromatic N) is 3. The molecule has 1 atom stereocenters. The van der Waals surface area contributed by atoms with Crippen molar-refractivity contribution < 1.29 is 13.6 Å². The van der Waals surface area contributed by atoms with Crippen molar-refractivity contribution in [2.24, 2.45) is 5.73 Å². The molecule has 1 unspecified atom stereocenters. The average Bonchev–Trinajstić information content (AvgIpc) is 2.89. The van der Waals surface area contributed by atoms with Crippen molar-refractivity contribution in [1.29, 1.82) is 0 Å². The van der Waals surface area contributed by atoms with E-state index in [1.54, 1.807) is 36.4 Å². The third-order valence-electron chi connectivity index (χ3n) is 5.83. The van der Waals surface area contributed by atoms with Crippen molar-refractivity contribution in [2.75, 3.05) is 18.5 Å². The summed E-state index contributed by atoms with van der Waals surface area (Å²) in [6.07, 6.45) is 6.02. The smallest absolute Gasteiger partial charge is 0.280 e. The molecule has 194 valence electrons. The molecule has 1 amide bonds. The molecule has 4 rings (SSSR count). The van der Waals surface area contributed by atoms with Crippen molar-refractivity contribution in [3.05, 3.63) is 105 Å². The maximum absolute atomic E-state index is 14.0. The molecule has 0 aliphatic heterocycles. The monoisotopic (exact) mass is 535 g/mol. The number of aromatic nitrogens is 2. The highest BCUT2D eigenvalue weighted by Gasteiger charge is 2.30. The highest BCUT2D eigenvalue weighted by molar-refractivity contribution is 6.31. The Balaban J connectivity index is 1.94. The third-order valence-corrected chi connectivity index (χ3v) is 6.07. The van der Waals surface area contributed by atoms with Gasteiger partial charge in [0.25, 0.3) is 11.5 Å². The fourth-order valence-corrected chi connectivity index (χ4v) is 4.27. The van der Waals surface area contributed by atoms with E-state index in [9.17, 15) is 18.4 Å². The first-order valence-corrected chi connectivity index (χ1v) is 12.1. The largest absolute Gasteiger partial charge is 0.330 e. The van der Waals surface area contributed by atoms with Gasteiger partial charge < -0.3 is 10.6 Å². The number of amides is 1. The molecule has 3 N–H and O–H groups in total. The van der Waals surface area contributed by atoms with Crippen molar-refractivity contribution in [3.63, 3.8) is 0 Å². The zero-order chi connectivity index (χ0) is 27.2. The fourth-order valence-electron chi connectivity index (χ4n) is 4.11. The molecule has 7 nitrogen and oxygen atoms in total. The molecular weight excluding hydrogens is 512 g/mol. The molecule has 0 bridgehead atoms. The van der Waals surface area contributed by atoms with Crippen molar-refractivity contribution in [3.8, 4) is 12.3 Å². The molecule has 0 aliphatic carbocycles. The van der Waals surface area contributed by atoms with Crippen LogP contribution in [0.25, 0.3) is 10.9 Å². The summed E-state index contributed by atoms with van der Waals surface area (Å²) in [6, 6.07) is 15.2. The van der Waals surface area contributed by atoms with Gasteiger partial charge in [-0.25, -0.2) is 18.4 Å². The number of hydrogen-bond donors (Lipinski definition) is 2. The number of anilines is 1. The molecular formula is C28H24ClF2N5O2. The summed E-state index contributed by atoms with van der Waals surface area (Å²) in [5.74, 6) is 0.166. The predicted octanol–water partition coefficient (Wildman–Crippen LogP) is 4.76. The molecule has 0 fully saturated rings. The lowest BCUT2D eigenvalue weighted by Gasteiger charge is -2.32. The van der Waals surface area contributed by atoms with Crippen LogP contribution in [0.3, 0.4) is 0 Å². The number of carbonyl (C=O) groups is 1. The number of rotatable bonds is 9. The van der Waals surface area contributed by atoms with Gasteiger partial charge in [-0.2, -0.15) is 0 Å². The average molecular weight is 536 g/mol. The van der Waals surface area contributed by atoms with E-state index in [1.807, 2.05) is 6.07 Å². The Hall–Kier alpha value is -4.26. The van der Waals surface area contributed by atoms with Gasteiger partial charge >= 0.3 is 0 Å². The zero-order valence-electron chi connectivity index (χ0n) is 20.2. The second-order valence-corrected chi connectivity index (χ2v) is 8.91. The zero-order valence-corrected chi connectivity index (χ0v) is 21.0. The van der Waals surface area contributed by atoms with Gasteiger partial charge in [-0.3, -0.25) is 15.0 Å². The number of benzene rings is 3. The minimum absolute atomic E-state index is 0.0525. The van der Waals surface area contributed by atoms with E-state index in [4.69, 9.17) is 28.7 Å². The molecule has 1 aromatic heterocycles. The van der Waals surface area contributed by atoms with Gasteiger partial charge in [0, 0.05) is 29.6 Å². The second kappa shape index (κ2) is 11.9. The van der Waals surface area contributed by atoms with Crippen LogP contribution in [-0.2, 0) is 0 Å². The molecule has 0 saturated carbocycles. The van der Waals surface area contributed by atoms with Gasteiger partial charge in [-0.05, 0) is 55.4 Å². The normalized spacial score (nSPS) is 11.7. The van der Waals surface area contributed by atoms with E-state index in [-0.39, 0.29) is 36.3 Å². The summed E-state index contributed by atoms with van der Waals surface area (Å²) in [6.45, 7) is 0.328. The molecule has 0 saturated heterocycles. The molecule has 4 aromatic rings. The van der Waals surface area contributed by atoms with E-state index in [1.165, 1.54) is 15.6 Å². The molecule has 0 radical (unpaired) electrons. The van der Waals surface area contributed by atoms with E-state index >= 15 is 0 Å². The van der Waals surface area contributed by atoms with E-state index in [0.717, 1.165) is 12.1 Å². The number of hydrogen-bond acceptors (Lipinski definition) is 5. The lowest BCUT2D eigenvalue weighted by molar-refractivity contribution is 0.0665. The first-order valence-electron chi connectivity index (χ1n) is 11.8. The quantitative estimate of drug-likeness (QED) is 0.301. The minimum Gasteiger partial charge on any atom is -0.330 e. The maximum Gasteiger partial charge on any atom is 0.280 e. The third kappa shape index (κ3) is 5.83. The van der Waals surface area contributed by atoms with Crippen LogP contribution in [0.5, 0.6) is 0 Å². The van der Waals surface area contributed by atoms with Crippen molar-refractivity contribution >= 4 is 34.1 Å². The number of halogens is 3. The van der Waals surface area contributed by atoms with Crippen LogP contribution in [0.15, 0.2) is 71.5 Å². The van der Waals surface area contributed by atoms with Gasteiger partial charge in [-0.15, -0.1) is 12.3 Å². The first kappa shape index (κ1) is 26.8. The number of fused-ring (bicyclic) bond motifs is 1. The van der Waals surface area contributed by atoms with E-state index in [2.05, 4.69) is 11.3 Å². The topological polar surface area (TPSA) is 93.2 Å². The van der Waals surface area contributed by atoms with Gasteiger partial charge in [-0.1, -0.05) is 29.8 Å². The summed E-state index contributed by atoms with van der Waals surface area (Å²) in [5.41, 5.74) is 9.00. The Labute approximate surface area is 222 Å². The number of nitrogens with two attached hydrogens (primary N) is 1. The predicted molar refractivity (Wildman–Crippen MR) is 144 cm³/mol. The van der Waals surface area contributed by atoms with Gasteiger partial charge in [0.1, 0.15) is 17.7 Å². The van der Waals surface area contributed by atoms with Crippen molar-refractivity contribution in [1.82, 2.24) is 14.6 Å². The standard InChI is InChI=1S/C28H24ClF2N5O2/c1-2-7-25(35(13-6-12-32)27(37)18-14-20(30)17-21(31)15-18)26-33-24-16-19(29)10-11-23(24)28(38)36(26)34-22-8-4-3-5-9-22/h1,3-5,8-11,14-17,25,34H,6-7,12-13,32H2. The van der Waals surface area contributed by atoms with Crippen LogP contribution >= 0.6 is 11.6 Å². The number of para-hydroxylation sites is 1. The molecule has 10 heteroatoms. The van der Waals surface area contributed by atoms with E-state index in [0.29, 0.717) is 28.7 Å². The first-order chi connectivity index (χ1) is 18.3. The second-order valence-electron chi connectivity index (χ2n) is 8.47. The van der Waals surface area contributed by atoms with Crippen LogP contribution in [-0.4, -0.2) is 33.6 Å².